The standard InChI is InChI=1S/C23H23ClFN3O4/c1-14(29)26-8-7-15-13-17-18(19(24)20(15)25)21(27-9-11-32-12-10-27)22(23(30)31)28(17)16-5-3-2-4-6-16/h2-6,13H,7-12H2,1H3,(H,26,29)(H,30,31). The molecule has 0 unspecified atom stereocenters. The third-order valence-electron chi connectivity index (χ3n) is 5.50. The Kier molecular flexibility index (Phi) is 6.34. The van der Waals surface area contributed by atoms with Crippen molar-refractivity contribution in [1.29, 1.82) is 0 Å². The Morgan fingerprint density at radius 3 is 2.53 bits per heavy atom. The quantitative estimate of drug-likeness (QED) is 0.588. The topological polar surface area (TPSA) is 83.8 Å². The Hall–Kier alpha value is -3.10. The van der Waals surface area contributed by atoms with E-state index < -0.39 is 11.8 Å². The van der Waals surface area contributed by atoms with Gasteiger partial charge in [-0.15, -0.1) is 0 Å². The maximum atomic E-state index is 15.3. The Labute approximate surface area is 189 Å². The van der Waals surface area contributed by atoms with Crippen LogP contribution in [0.4, 0.5) is 10.1 Å². The van der Waals surface area contributed by atoms with Crippen LogP contribution in [0, 0.1) is 5.82 Å². The van der Waals surface area contributed by atoms with Crippen LogP contribution in [0.15, 0.2) is 36.4 Å². The van der Waals surface area contributed by atoms with Crippen LogP contribution in [0.25, 0.3) is 16.6 Å². The molecule has 0 bridgehead atoms. The van der Waals surface area contributed by atoms with Crippen LogP contribution in [0.1, 0.15) is 23.0 Å². The minimum atomic E-state index is -1.14. The van der Waals surface area contributed by atoms with Gasteiger partial charge < -0.3 is 24.6 Å². The summed E-state index contributed by atoms with van der Waals surface area (Å²) in [5, 5.41) is 13.1. The number of carboxylic acid groups (broad SMARTS) is 1. The Morgan fingerprint density at radius 2 is 1.91 bits per heavy atom. The third kappa shape index (κ3) is 4.03. The molecule has 32 heavy (non-hydrogen) atoms. The van der Waals surface area contributed by atoms with Gasteiger partial charge in [-0.3, -0.25) is 4.79 Å². The molecule has 2 heterocycles. The summed E-state index contributed by atoms with van der Waals surface area (Å²) < 4.78 is 22.3. The molecule has 1 aromatic heterocycles. The van der Waals surface area contributed by atoms with Crippen molar-refractivity contribution in [2.75, 3.05) is 37.7 Å². The second-order valence-corrected chi connectivity index (χ2v) is 7.94. The fourth-order valence-electron chi connectivity index (χ4n) is 4.10. The maximum Gasteiger partial charge on any atom is 0.355 e. The molecule has 1 aliphatic rings. The number of aromatic carboxylic acids is 1. The van der Waals surface area contributed by atoms with Crippen LogP contribution in [0.2, 0.25) is 5.02 Å². The first-order valence-corrected chi connectivity index (χ1v) is 10.7. The number of nitrogens with one attached hydrogen (secondary N) is 1. The molecule has 3 aromatic rings. The smallest absolute Gasteiger partial charge is 0.355 e. The van der Waals surface area contributed by atoms with E-state index >= 15 is 4.39 Å². The van der Waals surface area contributed by atoms with Gasteiger partial charge in [0.25, 0.3) is 0 Å². The molecule has 0 aliphatic carbocycles. The summed E-state index contributed by atoms with van der Waals surface area (Å²) in [6.45, 7) is 3.44. The molecule has 9 heteroatoms. The summed E-state index contributed by atoms with van der Waals surface area (Å²) >= 11 is 6.55. The van der Waals surface area contributed by atoms with E-state index in [1.54, 1.807) is 22.8 Å². The highest BCUT2D eigenvalue weighted by atomic mass is 35.5. The Morgan fingerprint density at radius 1 is 1.22 bits per heavy atom. The number of fused-ring (bicyclic) bond motifs is 1. The predicted molar refractivity (Wildman–Crippen MR) is 121 cm³/mol. The number of carbonyl (C=O) groups is 2. The number of amides is 1. The molecule has 2 N–H and O–H groups in total. The number of morpholine rings is 1. The lowest BCUT2D eigenvalue weighted by Gasteiger charge is -2.29. The number of carboxylic acids is 1. The number of rotatable bonds is 6. The number of hydrogen-bond donors (Lipinski definition) is 2. The molecule has 2 aromatic carbocycles. The lowest BCUT2D eigenvalue weighted by Crippen LogP contribution is -2.37. The summed E-state index contributed by atoms with van der Waals surface area (Å²) in [7, 11) is 0. The zero-order valence-corrected chi connectivity index (χ0v) is 18.3. The van der Waals surface area contributed by atoms with Crippen LogP contribution in [-0.4, -0.2) is 54.4 Å². The van der Waals surface area contributed by atoms with Gasteiger partial charge in [0.05, 0.1) is 29.4 Å². The number of benzene rings is 2. The van der Waals surface area contributed by atoms with Crippen molar-refractivity contribution in [2.45, 2.75) is 13.3 Å². The monoisotopic (exact) mass is 459 g/mol. The molecule has 0 atom stereocenters. The Balaban J connectivity index is 2.01. The first-order valence-electron chi connectivity index (χ1n) is 10.3. The molecule has 168 valence electrons. The number of anilines is 1. The number of ether oxygens (including phenoxy) is 1. The number of para-hydroxylation sites is 1. The summed E-state index contributed by atoms with van der Waals surface area (Å²) in [5.74, 6) is -1.96. The first kappa shape index (κ1) is 22.1. The lowest BCUT2D eigenvalue weighted by molar-refractivity contribution is -0.118. The minimum absolute atomic E-state index is 0.0217. The van der Waals surface area contributed by atoms with Gasteiger partial charge in [-0.1, -0.05) is 29.8 Å². The molecule has 0 spiro atoms. The van der Waals surface area contributed by atoms with Crippen molar-refractivity contribution in [3.63, 3.8) is 0 Å². The molecular weight excluding hydrogens is 437 g/mol. The third-order valence-corrected chi connectivity index (χ3v) is 5.85. The second-order valence-electron chi connectivity index (χ2n) is 7.56. The van der Waals surface area contributed by atoms with Crippen LogP contribution in [0.3, 0.4) is 0 Å². The van der Waals surface area contributed by atoms with Crippen molar-refractivity contribution < 1.29 is 23.8 Å². The SMILES string of the molecule is CC(=O)NCCc1cc2c(c(Cl)c1F)c(N1CCOCC1)c(C(=O)O)n2-c1ccccc1. The number of aromatic nitrogens is 1. The summed E-state index contributed by atoms with van der Waals surface area (Å²) in [6.07, 6.45) is 0.219. The molecule has 1 aliphatic heterocycles. The van der Waals surface area contributed by atoms with Gasteiger partial charge in [-0.25, -0.2) is 9.18 Å². The van der Waals surface area contributed by atoms with Gasteiger partial charge in [-0.05, 0) is 30.2 Å². The van der Waals surface area contributed by atoms with Crippen molar-refractivity contribution >= 4 is 40.1 Å². The average Bonchev–Trinajstić information content (AvgIpc) is 3.13. The molecule has 1 amide bonds. The molecular formula is C23H23ClFN3O4. The normalized spacial score (nSPS) is 14.0. The fraction of sp³-hybridized carbons (Fsp3) is 0.304. The zero-order valence-electron chi connectivity index (χ0n) is 17.5. The summed E-state index contributed by atoms with van der Waals surface area (Å²) in [4.78, 5) is 25.6. The van der Waals surface area contributed by atoms with E-state index in [4.69, 9.17) is 16.3 Å². The van der Waals surface area contributed by atoms with Gasteiger partial charge >= 0.3 is 5.97 Å². The summed E-state index contributed by atoms with van der Waals surface area (Å²) in [5.41, 5.74) is 1.84. The minimum Gasteiger partial charge on any atom is -0.476 e. The highest BCUT2D eigenvalue weighted by molar-refractivity contribution is 6.37. The number of nitrogens with zero attached hydrogens (tertiary/aromatic N) is 2. The van der Waals surface area contributed by atoms with Gasteiger partial charge in [0, 0.05) is 37.6 Å². The molecule has 4 rings (SSSR count). The molecule has 1 fully saturated rings. The number of halogens is 2. The highest BCUT2D eigenvalue weighted by Gasteiger charge is 2.31. The van der Waals surface area contributed by atoms with Crippen LogP contribution < -0.4 is 10.2 Å². The predicted octanol–water partition coefficient (Wildman–Crippen LogP) is 3.64. The number of hydrogen-bond acceptors (Lipinski definition) is 4. The van der Waals surface area contributed by atoms with Crippen LogP contribution in [-0.2, 0) is 16.0 Å². The van der Waals surface area contributed by atoms with Crippen molar-refractivity contribution in [2.24, 2.45) is 0 Å². The highest BCUT2D eigenvalue weighted by Crippen LogP contribution is 2.42. The largest absolute Gasteiger partial charge is 0.476 e. The van der Waals surface area contributed by atoms with E-state index in [0.29, 0.717) is 54.1 Å². The second kappa shape index (κ2) is 9.18. The van der Waals surface area contributed by atoms with Gasteiger partial charge in [0.2, 0.25) is 5.91 Å². The van der Waals surface area contributed by atoms with Crippen LogP contribution >= 0.6 is 11.6 Å². The molecule has 7 nitrogen and oxygen atoms in total. The van der Waals surface area contributed by atoms with Crippen molar-refractivity contribution in [3.05, 3.63) is 58.5 Å². The van der Waals surface area contributed by atoms with E-state index in [1.807, 2.05) is 23.1 Å². The van der Waals surface area contributed by atoms with Crippen molar-refractivity contribution in [1.82, 2.24) is 9.88 Å². The zero-order chi connectivity index (χ0) is 22.8. The molecule has 1 saturated heterocycles. The lowest BCUT2D eigenvalue weighted by atomic mass is 10.1. The van der Waals surface area contributed by atoms with Gasteiger partial charge in [0.1, 0.15) is 5.82 Å². The Bertz CT molecular complexity index is 1170. The molecule has 0 saturated carbocycles. The first-order chi connectivity index (χ1) is 15.4. The van der Waals surface area contributed by atoms with E-state index in [-0.39, 0.29) is 29.6 Å². The molecule has 0 radical (unpaired) electrons. The number of carbonyl (C=O) groups excluding carboxylic acids is 1. The van der Waals surface area contributed by atoms with Gasteiger partial charge in [-0.2, -0.15) is 0 Å². The maximum absolute atomic E-state index is 15.3. The van der Waals surface area contributed by atoms with Crippen LogP contribution in [0.5, 0.6) is 0 Å². The van der Waals surface area contributed by atoms with E-state index in [2.05, 4.69) is 5.32 Å². The average molecular weight is 460 g/mol. The van der Waals surface area contributed by atoms with E-state index in [1.165, 1.54) is 6.92 Å². The van der Waals surface area contributed by atoms with E-state index in [0.717, 1.165) is 0 Å². The van der Waals surface area contributed by atoms with E-state index in [9.17, 15) is 14.7 Å². The summed E-state index contributed by atoms with van der Waals surface area (Å²) in [6, 6.07) is 10.7. The van der Waals surface area contributed by atoms with Crippen molar-refractivity contribution in [3.8, 4) is 5.69 Å². The van der Waals surface area contributed by atoms with Gasteiger partial charge in [0.15, 0.2) is 5.69 Å². The fourth-order valence-corrected chi connectivity index (χ4v) is 4.41.